The van der Waals surface area contributed by atoms with Crippen molar-refractivity contribution in [2.24, 2.45) is 0 Å². The molecule has 7 nitrogen and oxygen atoms in total. The van der Waals surface area contributed by atoms with Crippen LogP contribution >= 0.6 is 0 Å². The zero-order valence-electron chi connectivity index (χ0n) is 13.1. The number of carbonyl (C=O) groups is 1. The fourth-order valence-corrected chi connectivity index (χ4v) is 2.87. The predicted molar refractivity (Wildman–Crippen MR) is 88.5 cm³/mol. The molecule has 1 N–H and O–H groups in total. The lowest BCUT2D eigenvalue weighted by atomic mass is 9.95. The summed E-state index contributed by atoms with van der Waals surface area (Å²) in [5, 5.41) is 13.8. The van der Waals surface area contributed by atoms with Gasteiger partial charge in [0.05, 0.1) is 10.5 Å². The molecule has 0 unspecified atom stereocenters. The van der Waals surface area contributed by atoms with Gasteiger partial charge >= 0.3 is 0 Å². The maximum Gasteiger partial charge on any atom is 0.270 e. The van der Waals surface area contributed by atoms with Crippen LogP contribution in [0.3, 0.4) is 0 Å². The van der Waals surface area contributed by atoms with Crippen LogP contribution in [0.5, 0.6) is 0 Å². The summed E-state index contributed by atoms with van der Waals surface area (Å²) in [5.74, 6) is 0.181. The lowest BCUT2D eigenvalue weighted by Crippen LogP contribution is -2.36. The van der Waals surface area contributed by atoms with Crippen molar-refractivity contribution in [3.05, 3.63) is 52.3 Å². The molecule has 1 aliphatic carbocycles. The third kappa shape index (κ3) is 3.73. The minimum absolute atomic E-state index is 0.0183. The van der Waals surface area contributed by atoms with E-state index in [2.05, 4.69) is 15.3 Å². The molecule has 1 aliphatic rings. The first-order valence-electron chi connectivity index (χ1n) is 8.01. The molecule has 1 heterocycles. The third-order valence-electron chi connectivity index (χ3n) is 4.17. The molecule has 0 aliphatic heterocycles. The van der Waals surface area contributed by atoms with Crippen molar-refractivity contribution in [2.45, 2.75) is 38.1 Å². The Kier molecular flexibility index (Phi) is 4.79. The first-order chi connectivity index (χ1) is 11.6. The van der Waals surface area contributed by atoms with Crippen LogP contribution < -0.4 is 5.32 Å². The number of amides is 1. The number of nitro groups is 1. The minimum atomic E-state index is -0.463. The summed E-state index contributed by atoms with van der Waals surface area (Å²) >= 11 is 0. The van der Waals surface area contributed by atoms with E-state index in [9.17, 15) is 14.9 Å². The summed E-state index contributed by atoms with van der Waals surface area (Å²) in [6.07, 6.45) is 8.46. The summed E-state index contributed by atoms with van der Waals surface area (Å²) < 4.78 is 0. The molecule has 0 atom stereocenters. The number of nitrogens with zero attached hydrogens (tertiary/aromatic N) is 3. The van der Waals surface area contributed by atoms with Gasteiger partial charge in [0.15, 0.2) is 5.82 Å². The molecule has 2 aromatic rings. The highest BCUT2D eigenvalue weighted by molar-refractivity contribution is 5.93. The highest BCUT2D eigenvalue weighted by Crippen LogP contribution is 2.21. The Hall–Kier alpha value is -2.83. The second-order valence-corrected chi connectivity index (χ2v) is 5.91. The van der Waals surface area contributed by atoms with E-state index in [-0.39, 0.29) is 17.6 Å². The molecule has 7 heteroatoms. The quantitative estimate of drug-likeness (QED) is 0.687. The van der Waals surface area contributed by atoms with E-state index in [1.807, 2.05) is 0 Å². The maximum atomic E-state index is 12.2. The average molecular weight is 326 g/mol. The van der Waals surface area contributed by atoms with Crippen LogP contribution in [0.1, 0.15) is 42.5 Å². The highest BCUT2D eigenvalue weighted by atomic mass is 16.6. The number of rotatable bonds is 4. The van der Waals surface area contributed by atoms with Gasteiger partial charge in [0, 0.05) is 36.1 Å². The zero-order valence-corrected chi connectivity index (χ0v) is 13.1. The van der Waals surface area contributed by atoms with Crippen molar-refractivity contribution < 1.29 is 9.72 Å². The van der Waals surface area contributed by atoms with Gasteiger partial charge in [-0.25, -0.2) is 9.97 Å². The average Bonchev–Trinajstić information content (AvgIpc) is 2.63. The van der Waals surface area contributed by atoms with Gasteiger partial charge in [0.2, 0.25) is 0 Å². The van der Waals surface area contributed by atoms with Crippen LogP contribution in [0.15, 0.2) is 36.7 Å². The normalized spacial score (nSPS) is 15.0. The van der Waals surface area contributed by atoms with E-state index >= 15 is 0 Å². The molecule has 0 radical (unpaired) electrons. The van der Waals surface area contributed by atoms with Gasteiger partial charge in [-0.1, -0.05) is 31.4 Å². The van der Waals surface area contributed by atoms with E-state index in [4.69, 9.17) is 0 Å². The first kappa shape index (κ1) is 16.0. The van der Waals surface area contributed by atoms with Crippen molar-refractivity contribution in [3.63, 3.8) is 0 Å². The van der Waals surface area contributed by atoms with E-state index in [1.54, 1.807) is 12.1 Å². The van der Waals surface area contributed by atoms with Gasteiger partial charge in [-0.15, -0.1) is 0 Å². The lowest BCUT2D eigenvalue weighted by molar-refractivity contribution is -0.384. The minimum Gasteiger partial charge on any atom is -0.349 e. The summed E-state index contributed by atoms with van der Waals surface area (Å²) in [6.45, 7) is 0. The number of carbonyl (C=O) groups excluding carboxylic acids is 1. The van der Waals surface area contributed by atoms with Crippen molar-refractivity contribution >= 4 is 11.6 Å². The van der Waals surface area contributed by atoms with Gasteiger partial charge in [0.25, 0.3) is 11.6 Å². The van der Waals surface area contributed by atoms with E-state index < -0.39 is 4.92 Å². The van der Waals surface area contributed by atoms with Gasteiger partial charge in [0.1, 0.15) is 0 Å². The molecule has 124 valence electrons. The van der Waals surface area contributed by atoms with Gasteiger partial charge in [-0.3, -0.25) is 14.9 Å². The molecule has 1 saturated carbocycles. The van der Waals surface area contributed by atoms with Crippen LogP contribution in [0.25, 0.3) is 11.4 Å². The van der Waals surface area contributed by atoms with Crippen LogP contribution in [0.4, 0.5) is 5.69 Å². The third-order valence-corrected chi connectivity index (χ3v) is 4.17. The fourth-order valence-electron chi connectivity index (χ4n) is 2.87. The van der Waals surface area contributed by atoms with Gasteiger partial charge in [-0.05, 0) is 12.8 Å². The number of aromatic nitrogens is 2. The number of nitro benzene ring substituents is 1. The van der Waals surface area contributed by atoms with Gasteiger partial charge in [-0.2, -0.15) is 0 Å². The summed E-state index contributed by atoms with van der Waals surface area (Å²) in [6, 6.07) is 6.33. The summed E-state index contributed by atoms with van der Waals surface area (Å²) in [4.78, 5) is 30.9. The fraction of sp³-hybridized carbons (Fsp3) is 0.353. The van der Waals surface area contributed by atoms with E-state index in [0.29, 0.717) is 17.0 Å². The van der Waals surface area contributed by atoms with Gasteiger partial charge < -0.3 is 5.32 Å². The molecule has 3 rings (SSSR count). The Balaban J connectivity index is 1.71. The predicted octanol–water partition coefficient (Wildman–Crippen LogP) is 3.11. The van der Waals surface area contributed by atoms with Crippen LogP contribution in [0, 0.1) is 10.1 Å². The number of non-ortho nitro benzene ring substituents is 1. The highest BCUT2D eigenvalue weighted by Gasteiger charge is 2.17. The molecule has 0 spiro atoms. The van der Waals surface area contributed by atoms with Crippen molar-refractivity contribution in [2.75, 3.05) is 0 Å². The number of nitrogens with one attached hydrogen (secondary N) is 1. The van der Waals surface area contributed by atoms with E-state index in [0.717, 1.165) is 25.7 Å². The van der Waals surface area contributed by atoms with Crippen LogP contribution in [0.2, 0.25) is 0 Å². The standard InChI is InChI=1S/C17H18N4O3/c22-17(20-14-6-2-1-3-7-14)13-10-18-16(19-11-13)12-5-4-8-15(9-12)21(23)24/h4-5,8-11,14H,1-3,6-7H2,(H,20,22). The van der Waals surface area contributed by atoms with Crippen molar-refractivity contribution in [3.8, 4) is 11.4 Å². The first-order valence-corrected chi connectivity index (χ1v) is 8.01. The number of hydrogen-bond donors (Lipinski definition) is 1. The molecular formula is C17H18N4O3. The second-order valence-electron chi connectivity index (χ2n) is 5.91. The SMILES string of the molecule is O=C(NC1CCCCC1)c1cnc(-c2cccc([N+](=O)[O-])c2)nc1. The smallest absolute Gasteiger partial charge is 0.270 e. The Bertz CT molecular complexity index is 740. The largest absolute Gasteiger partial charge is 0.349 e. The Morgan fingerprint density at radius 1 is 1.17 bits per heavy atom. The topological polar surface area (TPSA) is 98.0 Å². The number of hydrogen-bond acceptors (Lipinski definition) is 5. The summed E-state index contributed by atoms with van der Waals surface area (Å²) in [7, 11) is 0. The molecule has 0 bridgehead atoms. The Labute approximate surface area is 139 Å². The van der Waals surface area contributed by atoms with Crippen LogP contribution in [-0.2, 0) is 0 Å². The molecule has 1 aromatic carbocycles. The molecule has 24 heavy (non-hydrogen) atoms. The second kappa shape index (κ2) is 7.16. The molecular weight excluding hydrogens is 308 g/mol. The lowest BCUT2D eigenvalue weighted by Gasteiger charge is -2.22. The molecule has 1 aromatic heterocycles. The molecule has 1 amide bonds. The van der Waals surface area contributed by atoms with Crippen molar-refractivity contribution in [1.29, 1.82) is 0 Å². The Morgan fingerprint density at radius 3 is 2.54 bits per heavy atom. The molecule has 1 fully saturated rings. The zero-order chi connectivity index (χ0) is 16.9. The monoisotopic (exact) mass is 326 g/mol. The van der Waals surface area contributed by atoms with Crippen molar-refractivity contribution in [1.82, 2.24) is 15.3 Å². The van der Waals surface area contributed by atoms with Crippen LogP contribution in [-0.4, -0.2) is 26.8 Å². The molecule has 0 saturated heterocycles. The number of benzene rings is 1. The van der Waals surface area contributed by atoms with E-state index in [1.165, 1.54) is 30.9 Å². The Morgan fingerprint density at radius 2 is 1.88 bits per heavy atom. The maximum absolute atomic E-state index is 12.2. The summed E-state index contributed by atoms with van der Waals surface area (Å²) in [5.41, 5.74) is 0.924.